The van der Waals surface area contributed by atoms with Crippen LogP contribution in [0.15, 0.2) is 17.0 Å². The fourth-order valence-corrected chi connectivity index (χ4v) is 5.24. The highest BCUT2D eigenvalue weighted by molar-refractivity contribution is 7.89. The van der Waals surface area contributed by atoms with Crippen LogP contribution in [0.3, 0.4) is 0 Å². The van der Waals surface area contributed by atoms with Gasteiger partial charge in [-0.1, -0.05) is 31.5 Å². The minimum absolute atomic E-state index is 0.199. The third-order valence-electron chi connectivity index (χ3n) is 4.69. The molecule has 1 aliphatic heterocycles. The van der Waals surface area contributed by atoms with Gasteiger partial charge in [0.05, 0.1) is 18.1 Å². The zero-order valence-corrected chi connectivity index (χ0v) is 16.9. The van der Waals surface area contributed by atoms with Crippen molar-refractivity contribution >= 4 is 10.0 Å². The van der Waals surface area contributed by atoms with Crippen LogP contribution in [-0.4, -0.2) is 52.2 Å². The molecule has 0 aliphatic carbocycles. The van der Waals surface area contributed by atoms with Crippen molar-refractivity contribution in [3.63, 3.8) is 0 Å². The lowest BCUT2D eigenvalue weighted by atomic mass is 10.0. The van der Waals surface area contributed by atoms with Gasteiger partial charge in [-0.2, -0.15) is 0 Å². The molecule has 0 radical (unpaired) electrons. The Balaban J connectivity index is 2.15. The van der Waals surface area contributed by atoms with Crippen LogP contribution in [-0.2, 0) is 14.8 Å². The fourth-order valence-electron chi connectivity index (χ4n) is 3.72. The van der Waals surface area contributed by atoms with E-state index in [9.17, 15) is 8.42 Å². The van der Waals surface area contributed by atoms with Crippen molar-refractivity contribution in [3.05, 3.63) is 28.8 Å². The Hall–Kier alpha value is -0.950. The molecule has 1 heterocycles. The number of ether oxygens (including phenoxy) is 1. The van der Waals surface area contributed by atoms with Crippen molar-refractivity contribution < 1.29 is 13.2 Å². The molecule has 0 bridgehead atoms. The number of benzene rings is 1. The second-order valence-electron chi connectivity index (χ2n) is 7.51. The summed E-state index contributed by atoms with van der Waals surface area (Å²) in [7, 11) is -3.52. The van der Waals surface area contributed by atoms with Gasteiger partial charge in [0, 0.05) is 25.7 Å². The molecule has 1 saturated heterocycles. The molecule has 0 amide bonds. The average Bonchev–Trinajstić information content (AvgIpc) is 2.50. The maximum Gasteiger partial charge on any atom is 0.241 e. The fraction of sp³-hybridized carbons (Fsp3) is 0.684. The number of nitrogens with zero attached hydrogens (tertiary/aromatic N) is 1. The maximum atomic E-state index is 12.9. The van der Waals surface area contributed by atoms with E-state index in [-0.39, 0.29) is 6.04 Å². The average molecular weight is 369 g/mol. The number of nitrogens with one attached hydrogen (secondary N) is 1. The van der Waals surface area contributed by atoms with Crippen molar-refractivity contribution in [1.29, 1.82) is 0 Å². The van der Waals surface area contributed by atoms with Crippen LogP contribution in [0.1, 0.15) is 37.0 Å². The largest absolute Gasteiger partial charge is 0.379 e. The third-order valence-corrected chi connectivity index (χ3v) is 6.42. The van der Waals surface area contributed by atoms with Gasteiger partial charge in [0.2, 0.25) is 10.0 Å². The van der Waals surface area contributed by atoms with Crippen molar-refractivity contribution in [2.75, 3.05) is 32.8 Å². The zero-order valence-electron chi connectivity index (χ0n) is 16.1. The standard InChI is InChI=1S/C19H32N2O3S/c1-14(2)10-18(21-6-8-24-9-7-21)13-20-25(22,23)19-16(4)11-15(3)12-17(19)5/h11-12,14,18,20H,6-10,13H2,1-5H3. The number of aryl methyl sites for hydroxylation is 3. The first-order valence-corrected chi connectivity index (χ1v) is 10.6. The summed E-state index contributed by atoms with van der Waals surface area (Å²) in [4.78, 5) is 2.77. The summed E-state index contributed by atoms with van der Waals surface area (Å²) in [5.41, 5.74) is 2.69. The molecule has 2 rings (SSSR count). The summed E-state index contributed by atoms with van der Waals surface area (Å²) in [6.07, 6.45) is 0.967. The summed E-state index contributed by atoms with van der Waals surface area (Å²) in [6, 6.07) is 4.05. The quantitative estimate of drug-likeness (QED) is 0.804. The van der Waals surface area contributed by atoms with Gasteiger partial charge in [0.25, 0.3) is 0 Å². The molecule has 1 aliphatic rings. The normalized spacial score (nSPS) is 17.8. The summed E-state index contributed by atoms with van der Waals surface area (Å²) in [6.45, 7) is 13.7. The molecular formula is C19H32N2O3S. The zero-order chi connectivity index (χ0) is 18.6. The van der Waals surface area contributed by atoms with Gasteiger partial charge >= 0.3 is 0 Å². The topological polar surface area (TPSA) is 58.6 Å². The molecule has 0 spiro atoms. The van der Waals surface area contributed by atoms with Gasteiger partial charge in [-0.05, 0) is 44.2 Å². The molecular weight excluding hydrogens is 336 g/mol. The SMILES string of the molecule is Cc1cc(C)c(S(=O)(=O)NCC(CC(C)C)N2CCOCC2)c(C)c1. The van der Waals surface area contributed by atoms with Crippen LogP contribution in [0.4, 0.5) is 0 Å². The molecule has 5 nitrogen and oxygen atoms in total. The monoisotopic (exact) mass is 368 g/mol. The Kier molecular flexibility index (Phi) is 7.02. The number of hydrogen-bond donors (Lipinski definition) is 1. The van der Waals surface area contributed by atoms with Gasteiger partial charge in [-0.25, -0.2) is 13.1 Å². The van der Waals surface area contributed by atoms with Crippen LogP contribution < -0.4 is 4.72 Å². The van der Waals surface area contributed by atoms with Crippen molar-refractivity contribution in [3.8, 4) is 0 Å². The highest BCUT2D eigenvalue weighted by Crippen LogP contribution is 2.22. The van der Waals surface area contributed by atoms with Crippen LogP contribution in [0.2, 0.25) is 0 Å². The van der Waals surface area contributed by atoms with E-state index in [1.165, 1.54) is 0 Å². The van der Waals surface area contributed by atoms with E-state index in [2.05, 4.69) is 23.5 Å². The molecule has 142 valence electrons. The Morgan fingerprint density at radius 3 is 2.20 bits per heavy atom. The molecule has 1 unspecified atom stereocenters. The van der Waals surface area contributed by atoms with Gasteiger partial charge in [0.1, 0.15) is 0 Å². The highest BCUT2D eigenvalue weighted by atomic mass is 32.2. The van der Waals surface area contributed by atoms with Crippen molar-refractivity contribution in [2.45, 2.75) is 52.0 Å². The Labute approximate surface area is 152 Å². The predicted molar refractivity (Wildman–Crippen MR) is 101 cm³/mol. The first-order valence-electron chi connectivity index (χ1n) is 9.10. The van der Waals surface area contributed by atoms with Crippen molar-refractivity contribution in [1.82, 2.24) is 9.62 Å². The van der Waals surface area contributed by atoms with E-state index in [1.54, 1.807) is 0 Å². The van der Waals surface area contributed by atoms with E-state index in [4.69, 9.17) is 4.74 Å². The predicted octanol–water partition coefficient (Wildman–Crippen LogP) is 2.64. The number of rotatable bonds is 7. The van der Waals surface area contributed by atoms with Gasteiger partial charge < -0.3 is 4.74 Å². The van der Waals surface area contributed by atoms with E-state index in [0.29, 0.717) is 17.4 Å². The Morgan fingerprint density at radius 1 is 1.12 bits per heavy atom. The second-order valence-corrected chi connectivity index (χ2v) is 9.22. The lowest BCUT2D eigenvalue weighted by molar-refractivity contribution is 0.0134. The van der Waals surface area contributed by atoms with Gasteiger partial charge in [-0.3, -0.25) is 4.90 Å². The summed E-state index contributed by atoms with van der Waals surface area (Å²) in [5, 5.41) is 0. The molecule has 1 fully saturated rings. The second kappa shape index (κ2) is 8.62. The lowest BCUT2D eigenvalue weighted by Crippen LogP contribution is -2.49. The summed E-state index contributed by atoms with van der Waals surface area (Å²) < 4.78 is 34.1. The van der Waals surface area contributed by atoms with E-state index >= 15 is 0 Å². The molecule has 1 aromatic rings. The molecule has 6 heteroatoms. The Bertz CT molecular complexity index is 657. The first kappa shape index (κ1) is 20.4. The molecule has 0 saturated carbocycles. The van der Waals surface area contributed by atoms with Crippen LogP contribution in [0, 0.1) is 26.7 Å². The number of morpholine rings is 1. The molecule has 1 N–H and O–H groups in total. The van der Waals surface area contributed by atoms with Crippen molar-refractivity contribution in [2.24, 2.45) is 5.92 Å². The lowest BCUT2D eigenvalue weighted by Gasteiger charge is -2.35. The van der Waals surface area contributed by atoms with Crippen LogP contribution >= 0.6 is 0 Å². The molecule has 25 heavy (non-hydrogen) atoms. The first-order chi connectivity index (χ1) is 11.7. The van der Waals surface area contributed by atoms with E-state index < -0.39 is 10.0 Å². The Morgan fingerprint density at radius 2 is 1.68 bits per heavy atom. The summed E-state index contributed by atoms with van der Waals surface area (Å²) in [5.74, 6) is 0.514. The maximum absolute atomic E-state index is 12.9. The van der Waals surface area contributed by atoms with Crippen LogP contribution in [0.5, 0.6) is 0 Å². The van der Waals surface area contributed by atoms with Gasteiger partial charge in [0.15, 0.2) is 0 Å². The molecule has 0 aromatic heterocycles. The third kappa shape index (κ3) is 5.51. The van der Waals surface area contributed by atoms with Crippen LogP contribution in [0.25, 0.3) is 0 Å². The summed E-state index contributed by atoms with van der Waals surface area (Å²) >= 11 is 0. The number of hydrogen-bond acceptors (Lipinski definition) is 4. The minimum atomic E-state index is -3.52. The minimum Gasteiger partial charge on any atom is -0.379 e. The van der Waals surface area contributed by atoms with E-state index in [1.807, 2.05) is 32.9 Å². The van der Waals surface area contributed by atoms with E-state index in [0.717, 1.165) is 49.4 Å². The molecule has 1 atom stereocenters. The highest BCUT2D eigenvalue weighted by Gasteiger charge is 2.26. The number of sulfonamides is 1. The van der Waals surface area contributed by atoms with Gasteiger partial charge in [-0.15, -0.1) is 0 Å². The molecule has 1 aromatic carbocycles. The smallest absolute Gasteiger partial charge is 0.241 e.